The quantitative estimate of drug-likeness (QED) is 0.251. The molecule has 0 saturated carbocycles. The van der Waals surface area contributed by atoms with Crippen LogP contribution in [0.5, 0.6) is 11.5 Å². The van der Waals surface area contributed by atoms with E-state index in [1.54, 1.807) is 54.6 Å². The Morgan fingerprint density at radius 3 is 2.30 bits per heavy atom. The molecule has 0 radical (unpaired) electrons. The number of methoxy groups -OCH3 is 1. The van der Waals surface area contributed by atoms with E-state index in [1.165, 1.54) is 35.8 Å². The Balaban J connectivity index is 1.67. The molecule has 188 valence electrons. The van der Waals surface area contributed by atoms with Crippen molar-refractivity contribution in [3.8, 4) is 11.5 Å². The summed E-state index contributed by atoms with van der Waals surface area (Å²) in [7, 11) is -2.58. The van der Waals surface area contributed by atoms with Crippen molar-refractivity contribution in [3.05, 3.63) is 120 Å². The lowest BCUT2D eigenvalue weighted by atomic mass is 10.1. The highest BCUT2D eigenvalue weighted by atomic mass is 32.2. The molecule has 0 fully saturated rings. The number of phenols is 1. The number of benzene rings is 4. The molecule has 0 aliphatic carbocycles. The minimum absolute atomic E-state index is 0.0178. The fraction of sp³-hybridized carbons (Fsp3) is 0.0714. The lowest BCUT2D eigenvalue weighted by Gasteiger charge is -2.26. The molecule has 2 N–H and O–H groups in total. The van der Waals surface area contributed by atoms with Gasteiger partial charge < -0.3 is 9.84 Å². The number of hydrogen-bond acceptors (Lipinski definition) is 6. The minimum Gasteiger partial charge on any atom is -0.504 e. The maximum Gasteiger partial charge on any atom is 0.273 e. The van der Waals surface area contributed by atoms with Gasteiger partial charge in [-0.2, -0.15) is 5.10 Å². The Labute approximate surface area is 215 Å². The summed E-state index contributed by atoms with van der Waals surface area (Å²) in [5, 5.41) is 13.7. The highest BCUT2D eigenvalue weighted by Gasteiger charge is 2.28. The van der Waals surface area contributed by atoms with Crippen molar-refractivity contribution < 1.29 is 23.1 Å². The van der Waals surface area contributed by atoms with Crippen LogP contribution in [0.3, 0.4) is 0 Å². The number of hydrazone groups is 1. The maximum atomic E-state index is 13.7. The van der Waals surface area contributed by atoms with Gasteiger partial charge in [-0.15, -0.1) is 0 Å². The minimum atomic E-state index is -4.01. The van der Waals surface area contributed by atoms with Gasteiger partial charge in [0.2, 0.25) is 0 Å². The van der Waals surface area contributed by atoms with Gasteiger partial charge in [-0.25, -0.2) is 13.8 Å². The highest BCUT2D eigenvalue weighted by molar-refractivity contribution is 7.92. The Kier molecular flexibility index (Phi) is 7.85. The topological polar surface area (TPSA) is 108 Å². The lowest BCUT2D eigenvalue weighted by molar-refractivity contribution is 0.0955. The maximum absolute atomic E-state index is 13.7. The zero-order valence-corrected chi connectivity index (χ0v) is 20.8. The van der Waals surface area contributed by atoms with Gasteiger partial charge in [0.25, 0.3) is 15.9 Å². The number of sulfonamides is 1. The predicted molar refractivity (Wildman–Crippen MR) is 142 cm³/mol. The molecule has 0 spiro atoms. The van der Waals surface area contributed by atoms with Crippen LogP contribution in [0.25, 0.3) is 0 Å². The van der Waals surface area contributed by atoms with Crippen LogP contribution in [0.1, 0.15) is 21.5 Å². The molecule has 0 aromatic heterocycles. The fourth-order valence-electron chi connectivity index (χ4n) is 3.65. The number of aromatic hydroxyl groups is 1. The molecule has 0 saturated heterocycles. The molecule has 0 unspecified atom stereocenters. The second-order valence-electron chi connectivity index (χ2n) is 7.96. The number of amides is 1. The molecule has 9 heteroatoms. The third-order valence-electron chi connectivity index (χ3n) is 5.50. The van der Waals surface area contributed by atoms with Crippen molar-refractivity contribution in [1.82, 2.24) is 5.43 Å². The number of phenolic OH excluding ortho intramolecular Hbond substituents is 1. The number of carbonyl (C=O) groups excluding carboxylic acids is 1. The van der Waals surface area contributed by atoms with Crippen LogP contribution in [0.4, 0.5) is 5.69 Å². The lowest BCUT2D eigenvalue weighted by Crippen LogP contribution is -2.33. The number of carbonyl (C=O) groups is 1. The molecule has 1 amide bonds. The highest BCUT2D eigenvalue weighted by Crippen LogP contribution is 2.29. The number of nitrogens with one attached hydrogen (secondary N) is 1. The van der Waals surface area contributed by atoms with Gasteiger partial charge in [0.05, 0.1) is 36.0 Å². The van der Waals surface area contributed by atoms with Crippen LogP contribution in [0.2, 0.25) is 0 Å². The van der Waals surface area contributed by atoms with Crippen LogP contribution in [-0.2, 0) is 16.6 Å². The molecule has 8 nitrogen and oxygen atoms in total. The normalized spacial score (nSPS) is 11.3. The number of para-hydroxylation sites is 1. The molecule has 4 aromatic carbocycles. The summed E-state index contributed by atoms with van der Waals surface area (Å²) < 4.78 is 33.8. The standard InChI is InChI=1S/C28H25N3O5S/c1-36-27-18-22(16-17-26(27)32)19-29-30-28(33)24-14-8-9-15-25(24)31(20-21-10-4-2-5-11-21)37(34,35)23-12-6-3-7-13-23/h2-19,32H,20H2,1H3,(H,30,33)/b29-19-. The van der Waals surface area contributed by atoms with Gasteiger partial charge in [-0.1, -0.05) is 60.7 Å². The molecule has 0 atom stereocenters. The van der Waals surface area contributed by atoms with E-state index in [1.807, 2.05) is 30.3 Å². The molecule has 37 heavy (non-hydrogen) atoms. The first-order chi connectivity index (χ1) is 17.9. The van der Waals surface area contributed by atoms with E-state index in [2.05, 4.69) is 10.5 Å². The molecule has 0 heterocycles. The van der Waals surface area contributed by atoms with Gasteiger partial charge in [0.1, 0.15) is 0 Å². The molecule has 4 aromatic rings. The summed E-state index contributed by atoms with van der Waals surface area (Å²) in [6, 6.07) is 28.3. The Morgan fingerprint density at radius 2 is 1.59 bits per heavy atom. The summed E-state index contributed by atoms with van der Waals surface area (Å²) in [5.41, 5.74) is 4.15. The Morgan fingerprint density at radius 1 is 0.946 bits per heavy atom. The summed E-state index contributed by atoms with van der Waals surface area (Å²) in [6.07, 6.45) is 1.39. The Bertz CT molecular complexity index is 1510. The first-order valence-electron chi connectivity index (χ1n) is 11.3. The Hall–Kier alpha value is -4.63. The van der Waals surface area contributed by atoms with E-state index in [0.29, 0.717) is 5.56 Å². The zero-order chi connectivity index (χ0) is 26.3. The van der Waals surface area contributed by atoms with Crippen molar-refractivity contribution in [2.24, 2.45) is 5.10 Å². The van der Waals surface area contributed by atoms with Gasteiger partial charge in [0.15, 0.2) is 11.5 Å². The smallest absolute Gasteiger partial charge is 0.273 e. The average Bonchev–Trinajstić information content (AvgIpc) is 2.93. The summed E-state index contributed by atoms with van der Waals surface area (Å²) in [6.45, 7) is 0.0267. The molecule has 0 bridgehead atoms. The molecule has 4 rings (SSSR count). The van der Waals surface area contributed by atoms with E-state index in [0.717, 1.165) is 5.56 Å². The van der Waals surface area contributed by atoms with Gasteiger partial charge in [-0.3, -0.25) is 9.10 Å². The van der Waals surface area contributed by atoms with Gasteiger partial charge >= 0.3 is 0 Å². The van der Waals surface area contributed by atoms with Gasteiger partial charge in [0, 0.05) is 0 Å². The molecule has 0 aliphatic rings. The van der Waals surface area contributed by atoms with E-state index in [-0.39, 0.29) is 34.2 Å². The van der Waals surface area contributed by atoms with Crippen molar-refractivity contribution in [2.45, 2.75) is 11.4 Å². The summed E-state index contributed by atoms with van der Waals surface area (Å²) >= 11 is 0. The summed E-state index contributed by atoms with van der Waals surface area (Å²) in [4.78, 5) is 13.3. The number of nitrogens with zero attached hydrogens (tertiary/aromatic N) is 2. The number of ether oxygens (including phenoxy) is 1. The monoisotopic (exact) mass is 515 g/mol. The summed E-state index contributed by atoms with van der Waals surface area (Å²) in [5.74, 6) is -0.335. The van der Waals surface area contributed by atoms with Crippen molar-refractivity contribution in [1.29, 1.82) is 0 Å². The second-order valence-corrected chi connectivity index (χ2v) is 9.82. The van der Waals surface area contributed by atoms with E-state index in [4.69, 9.17) is 4.74 Å². The van der Waals surface area contributed by atoms with Crippen LogP contribution in [-0.4, -0.2) is 32.8 Å². The largest absolute Gasteiger partial charge is 0.504 e. The van der Waals surface area contributed by atoms with E-state index in [9.17, 15) is 18.3 Å². The fourth-order valence-corrected chi connectivity index (χ4v) is 5.14. The number of anilines is 1. The number of hydrogen-bond donors (Lipinski definition) is 2. The first kappa shape index (κ1) is 25.5. The SMILES string of the molecule is COc1cc(/C=N\NC(=O)c2ccccc2N(Cc2ccccc2)S(=O)(=O)c2ccccc2)ccc1O. The average molecular weight is 516 g/mol. The number of rotatable bonds is 9. The molecular formula is C28H25N3O5S. The van der Waals surface area contributed by atoms with E-state index < -0.39 is 15.9 Å². The van der Waals surface area contributed by atoms with Crippen molar-refractivity contribution in [3.63, 3.8) is 0 Å². The van der Waals surface area contributed by atoms with Crippen molar-refractivity contribution in [2.75, 3.05) is 11.4 Å². The predicted octanol–water partition coefficient (Wildman–Crippen LogP) is 4.56. The van der Waals surface area contributed by atoms with Crippen LogP contribution in [0.15, 0.2) is 113 Å². The van der Waals surface area contributed by atoms with Gasteiger partial charge in [-0.05, 0) is 53.6 Å². The van der Waals surface area contributed by atoms with Crippen LogP contribution in [0, 0.1) is 0 Å². The molecular weight excluding hydrogens is 490 g/mol. The third kappa shape index (κ3) is 5.96. The second kappa shape index (κ2) is 11.4. The zero-order valence-electron chi connectivity index (χ0n) is 20.0. The molecule has 0 aliphatic heterocycles. The van der Waals surface area contributed by atoms with Crippen LogP contribution < -0.4 is 14.5 Å². The third-order valence-corrected chi connectivity index (χ3v) is 7.28. The first-order valence-corrected chi connectivity index (χ1v) is 12.8. The van der Waals surface area contributed by atoms with Crippen molar-refractivity contribution >= 4 is 27.8 Å². The van der Waals surface area contributed by atoms with Crippen LogP contribution >= 0.6 is 0 Å². The van der Waals surface area contributed by atoms with E-state index >= 15 is 0 Å².